The standard InChI is InChI=1S/C15H14Cl2O/c16-14-8-4-7-12(15(14)17)10-13(18)9-11-5-2-1-3-6-11/h1-8,13,18H,9-10H2. The average molecular weight is 281 g/mol. The van der Waals surface area contributed by atoms with Crippen molar-refractivity contribution in [2.24, 2.45) is 0 Å². The predicted octanol–water partition coefficient (Wildman–Crippen LogP) is 4.14. The molecule has 0 aliphatic carbocycles. The summed E-state index contributed by atoms with van der Waals surface area (Å²) in [6.45, 7) is 0. The third-order valence-corrected chi connectivity index (χ3v) is 3.66. The third kappa shape index (κ3) is 3.49. The van der Waals surface area contributed by atoms with Crippen LogP contribution >= 0.6 is 23.2 Å². The predicted molar refractivity (Wildman–Crippen MR) is 76.3 cm³/mol. The van der Waals surface area contributed by atoms with Crippen LogP contribution in [0.3, 0.4) is 0 Å². The second-order valence-corrected chi connectivity index (χ2v) is 5.05. The van der Waals surface area contributed by atoms with E-state index >= 15 is 0 Å². The van der Waals surface area contributed by atoms with Crippen LogP contribution in [0.5, 0.6) is 0 Å². The Bertz CT molecular complexity index is 511. The molecule has 0 aromatic heterocycles. The van der Waals surface area contributed by atoms with Gasteiger partial charge in [-0.2, -0.15) is 0 Å². The lowest BCUT2D eigenvalue weighted by molar-refractivity contribution is 0.175. The van der Waals surface area contributed by atoms with E-state index in [-0.39, 0.29) is 0 Å². The molecule has 0 heterocycles. The molecule has 1 atom stereocenters. The van der Waals surface area contributed by atoms with Crippen molar-refractivity contribution in [1.82, 2.24) is 0 Å². The Balaban J connectivity index is 2.03. The second kappa shape index (κ2) is 6.24. The van der Waals surface area contributed by atoms with E-state index in [1.807, 2.05) is 42.5 Å². The van der Waals surface area contributed by atoms with Crippen molar-refractivity contribution in [3.05, 3.63) is 69.7 Å². The summed E-state index contributed by atoms with van der Waals surface area (Å²) in [5, 5.41) is 11.1. The molecule has 0 saturated carbocycles. The zero-order chi connectivity index (χ0) is 13.0. The molecule has 0 aliphatic rings. The van der Waals surface area contributed by atoms with Crippen LogP contribution in [0.15, 0.2) is 48.5 Å². The fourth-order valence-corrected chi connectivity index (χ4v) is 2.32. The Hall–Kier alpha value is -1.02. The van der Waals surface area contributed by atoms with Crippen LogP contribution in [0, 0.1) is 0 Å². The maximum absolute atomic E-state index is 10.1. The van der Waals surface area contributed by atoms with E-state index in [9.17, 15) is 5.11 Å². The number of aliphatic hydroxyl groups is 1. The number of hydrogen-bond acceptors (Lipinski definition) is 1. The number of benzene rings is 2. The maximum Gasteiger partial charge on any atom is 0.0625 e. The topological polar surface area (TPSA) is 20.2 Å². The fraction of sp³-hybridized carbons (Fsp3) is 0.200. The van der Waals surface area contributed by atoms with Gasteiger partial charge in [0.15, 0.2) is 0 Å². The third-order valence-electron chi connectivity index (χ3n) is 2.80. The van der Waals surface area contributed by atoms with E-state index in [1.54, 1.807) is 6.07 Å². The monoisotopic (exact) mass is 280 g/mol. The Kier molecular flexibility index (Phi) is 4.65. The maximum atomic E-state index is 10.1. The van der Waals surface area contributed by atoms with E-state index < -0.39 is 6.10 Å². The molecule has 0 amide bonds. The van der Waals surface area contributed by atoms with Crippen LogP contribution in [0.2, 0.25) is 10.0 Å². The first-order chi connectivity index (χ1) is 8.66. The average Bonchev–Trinajstić information content (AvgIpc) is 2.36. The molecule has 0 saturated heterocycles. The normalized spacial score (nSPS) is 12.4. The number of aliphatic hydroxyl groups excluding tert-OH is 1. The Morgan fingerprint density at radius 2 is 1.61 bits per heavy atom. The second-order valence-electron chi connectivity index (χ2n) is 4.26. The molecule has 3 heteroatoms. The highest BCUT2D eigenvalue weighted by Gasteiger charge is 2.11. The van der Waals surface area contributed by atoms with Crippen LogP contribution in [0.25, 0.3) is 0 Å². The first-order valence-electron chi connectivity index (χ1n) is 5.81. The number of hydrogen-bond donors (Lipinski definition) is 1. The van der Waals surface area contributed by atoms with Crippen LogP contribution in [0.4, 0.5) is 0 Å². The highest BCUT2D eigenvalue weighted by molar-refractivity contribution is 6.42. The number of rotatable bonds is 4. The van der Waals surface area contributed by atoms with Gasteiger partial charge in [0.2, 0.25) is 0 Å². The van der Waals surface area contributed by atoms with Gasteiger partial charge in [-0.05, 0) is 23.6 Å². The van der Waals surface area contributed by atoms with Gasteiger partial charge in [0.05, 0.1) is 16.1 Å². The zero-order valence-electron chi connectivity index (χ0n) is 9.81. The first-order valence-corrected chi connectivity index (χ1v) is 6.57. The van der Waals surface area contributed by atoms with Gasteiger partial charge in [0.1, 0.15) is 0 Å². The van der Waals surface area contributed by atoms with Crippen molar-refractivity contribution in [2.75, 3.05) is 0 Å². The van der Waals surface area contributed by atoms with E-state index in [0.29, 0.717) is 22.9 Å². The molecule has 0 spiro atoms. The van der Waals surface area contributed by atoms with Crippen molar-refractivity contribution >= 4 is 23.2 Å². The van der Waals surface area contributed by atoms with Gasteiger partial charge in [0, 0.05) is 6.42 Å². The fourth-order valence-electron chi connectivity index (χ4n) is 1.92. The molecule has 1 N–H and O–H groups in total. The largest absolute Gasteiger partial charge is 0.392 e. The first kappa shape index (κ1) is 13.4. The van der Waals surface area contributed by atoms with Crippen LogP contribution in [-0.2, 0) is 12.8 Å². The summed E-state index contributed by atoms with van der Waals surface area (Å²) >= 11 is 12.0. The Labute approximate surface area is 117 Å². The summed E-state index contributed by atoms with van der Waals surface area (Å²) in [7, 11) is 0. The van der Waals surface area contributed by atoms with Crippen molar-refractivity contribution in [3.8, 4) is 0 Å². The van der Waals surface area contributed by atoms with Crippen molar-refractivity contribution in [3.63, 3.8) is 0 Å². The van der Waals surface area contributed by atoms with E-state index in [4.69, 9.17) is 23.2 Å². The zero-order valence-corrected chi connectivity index (χ0v) is 11.3. The molecule has 0 fully saturated rings. The van der Waals surface area contributed by atoms with Gasteiger partial charge < -0.3 is 5.11 Å². The van der Waals surface area contributed by atoms with Crippen molar-refractivity contribution in [1.29, 1.82) is 0 Å². The molecule has 2 aromatic carbocycles. The van der Waals surface area contributed by atoms with Crippen LogP contribution in [-0.4, -0.2) is 11.2 Å². The Morgan fingerprint density at radius 3 is 2.33 bits per heavy atom. The lowest BCUT2D eigenvalue weighted by Crippen LogP contribution is -2.14. The van der Waals surface area contributed by atoms with Crippen molar-refractivity contribution < 1.29 is 5.11 Å². The van der Waals surface area contributed by atoms with Crippen LogP contribution in [0.1, 0.15) is 11.1 Å². The number of halogens is 2. The minimum atomic E-state index is -0.455. The van der Waals surface area contributed by atoms with Gasteiger partial charge in [-0.3, -0.25) is 0 Å². The molecule has 2 aromatic rings. The lowest BCUT2D eigenvalue weighted by atomic mass is 10.0. The van der Waals surface area contributed by atoms with Gasteiger partial charge in [-0.15, -0.1) is 0 Å². The Morgan fingerprint density at radius 1 is 0.889 bits per heavy atom. The van der Waals surface area contributed by atoms with Gasteiger partial charge in [-0.1, -0.05) is 65.7 Å². The van der Waals surface area contributed by atoms with Crippen molar-refractivity contribution in [2.45, 2.75) is 18.9 Å². The summed E-state index contributed by atoms with van der Waals surface area (Å²) in [5.74, 6) is 0. The van der Waals surface area contributed by atoms with Gasteiger partial charge in [-0.25, -0.2) is 0 Å². The molecule has 18 heavy (non-hydrogen) atoms. The lowest BCUT2D eigenvalue weighted by Gasteiger charge is -2.12. The summed E-state index contributed by atoms with van der Waals surface area (Å²) < 4.78 is 0. The molecule has 2 rings (SSSR count). The smallest absolute Gasteiger partial charge is 0.0625 e. The molecule has 0 radical (unpaired) electrons. The molecular weight excluding hydrogens is 267 g/mol. The van der Waals surface area contributed by atoms with E-state index in [2.05, 4.69) is 0 Å². The van der Waals surface area contributed by atoms with Gasteiger partial charge in [0.25, 0.3) is 0 Å². The molecular formula is C15H14Cl2O. The summed E-state index contributed by atoms with van der Waals surface area (Å²) in [4.78, 5) is 0. The quantitative estimate of drug-likeness (QED) is 0.893. The molecule has 0 bridgehead atoms. The molecule has 1 nitrogen and oxygen atoms in total. The molecule has 94 valence electrons. The summed E-state index contributed by atoms with van der Waals surface area (Å²) in [5.41, 5.74) is 2.00. The summed E-state index contributed by atoms with van der Waals surface area (Å²) in [6, 6.07) is 15.4. The van der Waals surface area contributed by atoms with Crippen LogP contribution < -0.4 is 0 Å². The molecule has 1 unspecified atom stereocenters. The van der Waals surface area contributed by atoms with E-state index in [1.165, 1.54) is 0 Å². The summed E-state index contributed by atoms with van der Waals surface area (Å²) in [6.07, 6.45) is 0.668. The minimum Gasteiger partial charge on any atom is -0.392 e. The van der Waals surface area contributed by atoms with Gasteiger partial charge >= 0.3 is 0 Å². The highest BCUT2D eigenvalue weighted by atomic mass is 35.5. The SMILES string of the molecule is OC(Cc1ccccc1)Cc1cccc(Cl)c1Cl. The molecule has 0 aliphatic heterocycles. The minimum absolute atomic E-state index is 0.455. The highest BCUT2D eigenvalue weighted by Crippen LogP contribution is 2.26. The van der Waals surface area contributed by atoms with E-state index in [0.717, 1.165) is 11.1 Å².